The minimum absolute atomic E-state index is 0.934. The summed E-state index contributed by atoms with van der Waals surface area (Å²) in [6.45, 7) is 3.48. The number of rotatable bonds is 2. The van der Waals surface area contributed by atoms with Crippen LogP contribution in [0.1, 0.15) is 0 Å². The SMILES string of the molecule is C=CCSS.c1ccncc1. The Morgan fingerprint density at radius 1 is 1.36 bits per heavy atom. The van der Waals surface area contributed by atoms with E-state index in [1.54, 1.807) is 12.4 Å². The van der Waals surface area contributed by atoms with Crippen molar-refractivity contribution in [3.05, 3.63) is 43.2 Å². The third-order valence-corrected chi connectivity index (χ3v) is 1.59. The highest BCUT2D eigenvalue weighted by Gasteiger charge is 1.62. The Labute approximate surface area is 76.7 Å². The summed E-state index contributed by atoms with van der Waals surface area (Å²) in [6.07, 6.45) is 5.32. The van der Waals surface area contributed by atoms with Crippen molar-refractivity contribution in [3.8, 4) is 0 Å². The van der Waals surface area contributed by atoms with Gasteiger partial charge in [0.1, 0.15) is 0 Å². The Bertz CT molecular complexity index is 138. The second-order valence-electron chi connectivity index (χ2n) is 1.61. The molecule has 0 N–H and O–H groups in total. The van der Waals surface area contributed by atoms with Gasteiger partial charge in [-0.3, -0.25) is 4.98 Å². The monoisotopic (exact) mass is 185 g/mol. The molecule has 0 amide bonds. The van der Waals surface area contributed by atoms with Gasteiger partial charge in [-0.1, -0.05) is 22.9 Å². The molecule has 1 aromatic rings. The number of aromatic nitrogens is 1. The van der Waals surface area contributed by atoms with Gasteiger partial charge in [-0.2, -0.15) is 0 Å². The third-order valence-electron chi connectivity index (χ3n) is 0.759. The smallest absolute Gasteiger partial charge is 0.0267 e. The zero-order valence-electron chi connectivity index (χ0n) is 6.18. The second kappa shape index (κ2) is 9.59. The zero-order valence-corrected chi connectivity index (χ0v) is 7.89. The van der Waals surface area contributed by atoms with Gasteiger partial charge in [0.15, 0.2) is 0 Å². The largest absolute Gasteiger partial charge is 0.265 e. The topological polar surface area (TPSA) is 12.9 Å². The Morgan fingerprint density at radius 2 is 2.00 bits per heavy atom. The Morgan fingerprint density at radius 3 is 2.09 bits per heavy atom. The van der Waals surface area contributed by atoms with Gasteiger partial charge in [-0.25, -0.2) is 0 Å². The van der Waals surface area contributed by atoms with Crippen molar-refractivity contribution in [3.63, 3.8) is 0 Å². The molecule has 1 nitrogen and oxygen atoms in total. The molecule has 0 bridgehead atoms. The van der Waals surface area contributed by atoms with Gasteiger partial charge in [-0.15, -0.1) is 18.2 Å². The first-order valence-electron chi connectivity index (χ1n) is 3.14. The summed E-state index contributed by atoms with van der Waals surface area (Å²) in [5, 5.41) is 0. The maximum atomic E-state index is 3.85. The van der Waals surface area contributed by atoms with Gasteiger partial charge < -0.3 is 0 Å². The van der Waals surface area contributed by atoms with E-state index in [4.69, 9.17) is 0 Å². The van der Waals surface area contributed by atoms with Crippen LogP contribution in [0, 0.1) is 0 Å². The molecule has 0 spiro atoms. The van der Waals surface area contributed by atoms with Gasteiger partial charge in [0.05, 0.1) is 0 Å². The van der Waals surface area contributed by atoms with Crippen LogP contribution in [0.15, 0.2) is 43.2 Å². The molecule has 3 heteroatoms. The molecule has 0 aliphatic heterocycles. The maximum Gasteiger partial charge on any atom is 0.0267 e. The highest BCUT2D eigenvalue weighted by Crippen LogP contribution is 2.01. The molecule has 1 rings (SSSR count). The van der Waals surface area contributed by atoms with E-state index in [-0.39, 0.29) is 0 Å². The van der Waals surface area contributed by atoms with Crippen LogP contribution in [0.5, 0.6) is 0 Å². The van der Waals surface area contributed by atoms with Crippen LogP contribution in [-0.2, 0) is 0 Å². The van der Waals surface area contributed by atoms with Gasteiger partial charge in [-0.05, 0) is 12.1 Å². The van der Waals surface area contributed by atoms with Crippen LogP contribution in [-0.4, -0.2) is 10.7 Å². The van der Waals surface area contributed by atoms with E-state index >= 15 is 0 Å². The van der Waals surface area contributed by atoms with E-state index < -0.39 is 0 Å². The van der Waals surface area contributed by atoms with Gasteiger partial charge >= 0.3 is 0 Å². The molecule has 0 radical (unpaired) electrons. The van der Waals surface area contributed by atoms with Crippen molar-refractivity contribution in [2.45, 2.75) is 0 Å². The lowest BCUT2D eigenvalue weighted by Crippen LogP contribution is -1.58. The molecule has 0 aliphatic rings. The minimum Gasteiger partial charge on any atom is -0.265 e. The van der Waals surface area contributed by atoms with Gasteiger partial charge in [0.2, 0.25) is 0 Å². The van der Waals surface area contributed by atoms with Crippen LogP contribution in [0.3, 0.4) is 0 Å². The highest BCUT2D eigenvalue weighted by molar-refractivity contribution is 8.68. The minimum atomic E-state index is 0.934. The lowest BCUT2D eigenvalue weighted by Gasteiger charge is -1.72. The predicted molar refractivity (Wildman–Crippen MR) is 55.9 cm³/mol. The van der Waals surface area contributed by atoms with Crippen LogP contribution >= 0.6 is 22.5 Å². The molecule has 60 valence electrons. The van der Waals surface area contributed by atoms with Crippen LogP contribution in [0.4, 0.5) is 0 Å². The Balaban J connectivity index is 0.000000187. The Hall–Kier alpha value is -0.410. The number of hydrogen-bond donors (Lipinski definition) is 1. The summed E-state index contributed by atoms with van der Waals surface area (Å²) in [5.41, 5.74) is 0. The molecular weight excluding hydrogens is 174 g/mol. The normalized spacial score (nSPS) is 7.73. The van der Waals surface area contributed by atoms with Crippen LogP contribution < -0.4 is 0 Å². The quantitative estimate of drug-likeness (QED) is 0.432. The van der Waals surface area contributed by atoms with E-state index in [1.165, 1.54) is 10.8 Å². The average Bonchev–Trinajstić information content (AvgIpc) is 2.10. The number of thiol groups is 1. The first kappa shape index (κ1) is 10.6. The van der Waals surface area contributed by atoms with Crippen molar-refractivity contribution >= 4 is 22.5 Å². The fourth-order valence-electron chi connectivity index (χ4n) is 0.365. The average molecular weight is 185 g/mol. The fourth-order valence-corrected chi connectivity index (χ4v) is 0.787. The predicted octanol–water partition coefficient (Wildman–Crippen LogP) is 2.83. The van der Waals surface area contributed by atoms with Crippen molar-refractivity contribution in [1.29, 1.82) is 0 Å². The summed E-state index contributed by atoms with van der Waals surface area (Å²) in [5.74, 6) is 0.934. The van der Waals surface area contributed by atoms with Gasteiger partial charge in [0, 0.05) is 18.1 Å². The first-order valence-corrected chi connectivity index (χ1v) is 5.18. The van der Waals surface area contributed by atoms with E-state index in [1.807, 2.05) is 24.3 Å². The Kier molecular flexibility index (Phi) is 9.23. The van der Waals surface area contributed by atoms with Crippen LogP contribution in [0.2, 0.25) is 0 Å². The molecular formula is C8H11NS2. The molecule has 0 fully saturated rings. The molecule has 0 unspecified atom stereocenters. The van der Waals surface area contributed by atoms with E-state index in [0.29, 0.717) is 0 Å². The van der Waals surface area contributed by atoms with Gasteiger partial charge in [0.25, 0.3) is 0 Å². The standard InChI is InChI=1S/C5H5N.C3H6S2/c1-2-4-6-5-3-1;1-2-3-5-4/h1-5H;2,4H,1,3H2. The summed E-state index contributed by atoms with van der Waals surface area (Å²) in [7, 11) is 1.48. The van der Waals surface area contributed by atoms with Crippen molar-refractivity contribution in [2.24, 2.45) is 0 Å². The summed E-state index contributed by atoms with van der Waals surface area (Å²) in [6, 6.07) is 5.72. The molecule has 0 aliphatic carbocycles. The molecule has 0 saturated carbocycles. The summed E-state index contributed by atoms with van der Waals surface area (Å²) in [4.78, 5) is 3.78. The molecule has 1 heterocycles. The van der Waals surface area contributed by atoms with Crippen LogP contribution in [0.25, 0.3) is 0 Å². The maximum absolute atomic E-state index is 3.85. The first-order chi connectivity index (χ1) is 5.41. The second-order valence-corrected chi connectivity index (χ2v) is 2.98. The molecule has 0 saturated heterocycles. The number of pyridine rings is 1. The van der Waals surface area contributed by atoms with Crippen molar-refractivity contribution in [1.82, 2.24) is 4.98 Å². The summed E-state index contributed by atoms with van der Waals surface area (Å²) < 4.78 is 0. The molecule has 1 aromatic heterocycles. The molecule has 0 aromatic carbocycles. The zero-order chi connectivity index (χ0) is 8.36. The van der Waals surface area contributed by atoms with E-state index in [2.05, 4.69) is 23.2 Å². The lowest BCUT2D eigenvalue weighted by molar-refractivity contribution is 1.33. The molecule has 11 heavy (non-hydrogen) atoms. The van der Waals surface area contributed by atoms with Crippen molar-refractivity contribution in [2.75, 3.05) is 5.75 Å². The third kappa shape index (κ3) is 9.59. The summed E-state index contributed by atoms with van der Waals surface area (Å²) >= 11 is 3.85. The van der Waals surface area contributed by atoms with E-state index in [0.717, 1.165) is 5.75 Å². The lowest BCUT2D eigenvalue weighted by atomic mass is 10.5. The fraction of sp³-hybridized carbons (Fsp3) is 0.125. The highest BCUT2D eigenvalue weighted by atomic mass is 33.1. The number of hydrogen-bond acceptors (Lipinski definition) is 3. The number of nitrogens with zero attached hydrogens (tertiary/aromatic N) is 1. The molecule has 0 atom stereocenters. The van der Waals surface area contributed by atoms with Crippen molar-refractivity contribution < 1.29 is 0 Å². The van der Waals surface area contributed by atoms with E-state index in [9.17, 15) is 0 Å².